The Kier molecular flexibility index (Phi) is 6.06. The third kappa shape index (κ3) is 4.76. The van der Waals surface area contributed by atoms with E-state index in [4.69, 9.17) is 9.47 Å². The molecule has 3 rings (SSSR count). The zero-order valence-electron chi connectivity index (χ0n) is 16.0. The molecule has 7 heteroatoms. The second-order valence-corrected chi connectivity index (χ2v) is 6.05. The summed E-state index contributed by atoms with van der Waals surface area (Å²) in [6.07, 6.45) is 0. The number of nitrogens with one attached hydrogen (secondary N) is 2. The average molecular weight is 378 g/mol. The topological polar surface area (TPSA) is 85.4 Å². The van der Waals surface area contributed by atoms with Gasteiger partial charge in [0.15, 0.2) is 11.5 Å². The fourth-order valence-electron chi connectivity index (χ4n) is 2.68. The van der Waals surface area contributed by atoms with Crippen LogP contribution in [0.4, 0.5) is 11.5 Å². The van der Waals surface area contributed by atoms with Crippen molar-refractivity contribution in [2.24, 2.45) is 0 Å². The van der Waals surface area contributed by atoms with Gasteiger partial charge in [0.2, 0.25) is 0 Å². The van der Waals surface area contributed by atoms with Crippen LogP contribution in [0.3, 0.4) is 0 Å². The molecule has 0 radical (unpaired) electrons. The van der Waals surface area contributed by atoms with E-state index in [0.29, 0.717) is 35.4 Å². The van der Waals surface area contributed by atoms with Gasteiger partial charge >= 0.3 is 0 Å². The number of anilines is 2. The number of nitrogens with zero attached hydrogens (tertiary/aromatic N) is 2. The van der Waals surface area contributed by atoms with Crippen molar-refractivity contribution in [3.05, 3.63) is 71.7 Å². The van der Waals surface area contributed by atoms with Gasteiger partial charge in [0.1, 0.15) is 17.3 Å². The zero-order chi connectivity index (χ0) is 19.9. The number of aromatic nitrogens is 2. The molecule has 0 aliphatic heterocycles. The van der Waals surface area contributed by atoms with E-state index in [1.807, 2.05) is 36.4 Å². The van der Waals surface area contributed by atoms with Gasteiger partial charge in [-0.1, -0.05) is 30.3 Å². The Balaban J connectivity index is 1.75. The summed E-state index contributed by atoms with van der Waals surface area (Å²) in [6.45, 7) is 2.18. The minimum atomic E-state index is -0.260. The number of methoxy groups -OCH3 is 2. The average Bonchev–Trinajstić information content (AvgIpc) is 2.72. The molecule has 144 valence electrons. The molecule has 0 fully saturated rings. The largest absolute Gasteiger partial charge is 0.493 e. The monoisotopic (exact) mass is 378 g/mol. The van der Waals surface area contributed by atoms with Gasteiger partial charge in [0.05, 0.1) is 14.2 Å². The van der Waals surface area contributed by atoms with E-state index in [2.05, 4.69) is 20.6 Å². The van der Waals surface area contributed by atoms with E-state index < -0.39 is 0 Å². The minimum Gasteiger partial charge on any atom is -0.493 e. The SMILES string of the molecule is COc1ccc(Nc2cc(C(=O)NCc3ccccc3)nc(C)n2)cc1OC. The highest BCUT2D eigenvalue weighted by Crippen LogP contribution is 2.30. The van der Waals surface area contributed by atoms with Crippen LogP contribution in [0, 0.1) is 6.92 Å². The summed E-state index contributed by atoms with van der Waals surface area (Å²) < 4.78 is 10.6. The first-order valence-electron chi connectivity index (χ1n) is 8.76. The van der Waals surface area contributed by atoms with Crippen molar-refractivity contribution in [2.75, 3.05) is 19.5 Å². The van der Waals surface area contributed by atoms with Gasteiger partial charge in [-0.15, -0.1) is 0 Å². The number of hydrogen-bond donors (Lipinski definition) is 2. The van der Waals surface area contributed by atoms with Crippen LogP contribution in [0.15, 0.2) is 54.6 Å². The van der Waals surface area contributed by atoms with Crippen molar-refractivity contribution in [3.8, 4) is 11.5 Å². The highest BCUT2D eigenvalue weighted by molar-refractivity contribution is 5.93. The van der Waals surface area contributed by atoms with Crippen molar-refractivity contribution in [1.82, 2.24) is 15.3 Å². The van der Waals surface area contributed by atoms with Gasteiger partial charge in [-0.05, 0) is 24.6 Å². The van der Waals surface area contributed by atoms with E-state index in [-0.39, 0.29) is 5.91 Å². The van der Waals surface area contributed by atoms with Crippen molar-refractivity contribution in [1.29, 1.82) is 0 Å². The molecule has 0 aliphatic carbocycles. The van der Waals surface area contributed by atoms with Crippen LogP contribution in [0.25, 0.3) is 0 Å². The quantitative estimate of drug-likeness (QED) is 0.655. The zero-order valence-corrected chi connectivity index (χ0v) is 16.0. The van der Waals surface area contributed by atoms with Crippen molar-refractivity contribution < 1.29 is 14.3 Å². The van der Waals surface area contributed by atoms with Crippen LogP contribution in [0.5, 0.6) is 11.5 Å². The summed E-state index contributed by atoms with van der Waals surface area (Å²) in [5.41, 5.74) is 2.07. The van der Waals surface area contributed by atoms with Gasteiger partial charge in [-0.2, -0.15) is 0 Å². The molecule has 1 amide bonds. The third-order valence-corrected chi connectivity index (χ3v) is 4.02. The molecule has 7 nitrogen and oxygen atoms in total. The molecule has 0 aliphatic rings. The number of hydrogen-bond acceptors (Lipinski definition) is 6. The Morgan fingerprint density at radius 2 is 1.71 bits per heavy atom. The molecule has 0 saturated carbocycles. The van der Waals surface area contributed by atoms with Crippen molar-refractivity contribution in [3.63, 3.8) is 0 Å². The molecule has 2 N–H and O–H groups in total. The first-order chi connectivity index (χ1) is 13.6. The Morgan fingerprint density at radius 1 is 0.964 bits per heavy atom. The second-order valence-electron chi connectivity index (χ2n) is 6.05. The number of rotatable bonds is 7. The molecule has 28 heavy (non-hydrogen) atoms. The maximum Gasteiger partial charge on any atom is 0.270 e. The Bertz CT molecular complexity index is 961. The normalized spacial score (nSPS) is 10.2. The predicted molar refractivity (Wildman–Crippen MR) is 107 cm³/mol. The van der Waals surface area contributed by atoms with E-state index in [1.165, 1.54) is 0 Å². The molecule has 0 spiro atoms. The summed E-state index contributed by atoms with van der Waals surface area (Å²) in [6, 6.07) is 16.8. The number of aryl methyl sites for hydroxylation is 1. The minimum absolute atomic E-state index is 0.260. The lowest BCUT2D eigenvalue weighted by Crippen LogP contribution is -2.24. The molecular weight excluding hydrogens is 356 g/mol. The standard InChI is InChI=1S/C21H22N4O3/c1-14-23-17(21(26)22-13-15-7-5-4-6-8-15)12-20(24-14)25-16-9-10-18(27-2)19(11-16)28-3/h4-12H,13H2,1-3H3,(H,22,26)(H,23,24,25). The van der Waals surface area contributed by atoms with E-state index in [0.717, 1.165) is 11.3 Å². The summed E-state index contributed by atoms with van der Waals surface area (Å²) in [5, 5.41) is 6.05. The Morgan fingerprint density at radius 3 is 2.43 bits per heavy atom. The van der Waals surface area contributed by atoms with E-state index in [9.17, 15) is 4.79 Å². The first kappa shape index (κ1) is 19.2. The molecular formula is C21H22N4O3. The van der Waals surface area contributed by atoms with Crippen molar-refractivity contribution in [2.45, 2.75) is 13.5 Å². The van der Waals surface area contributed by atoms with Crippen LogP contribution in [0.1, 0.15) is 21.9 Å². The Labute approximate surface area is 163 Å². The predicted octanol–water partition coefficient (Wildman–Crippen LogP) is 3.48. The van der Waals surface area contributed by atoms with Gasteiger partial charge in [0.25, 0.3) is 5.91 Å². The molecule has 1 heterocycles. The fraction of sp³-hybridized carbons (Fsp3) is 0.190. The van der Waals surface area contributed by atoms with Crippen molar-refractivity contribution >= 4 is 17.4 Å². The molecule has 2 aromatic carbocycles. The highest BCUT2D eigenvalue weighted by Gasteiger charge is 2.11. The molecule has 0 bridgehead atoms. The lowest BCUT2D eigenvalue weighted by Gasteiger charge is -2.12. The van der Waals surface area contributed by atoms with Crippen LogP contribution in [-0.2, 0) is 6.54 Å². The van der Waals surface area contributed by atoms with Crippen LogP contribution in [-0.4, -0.2) is 30.1 Å². The number of ether oxygens (including phenoxy) is 2. The highest BCUT2D eigenvalue weighted by atomic mass is 16.5. The van der Waals surface area contributed by atoms with Gasteiger partial charge in [-0.3, -0.25) is 4.79 Å². The van der Waals surface area contributed by atoms with E-state index in [1.54, 1.807) is 39.3 Å². The molecule has 0 atom stereocenters. The fourth-order valence-corrected chi connectivity index (χ4v) is 2.68. The third-order valence-electron chi connectivity index (χ3n) is 4.02. The van der Waals surface area contributed by atoms with Crippen LogP contribution in [0.2, 0.25) is 0 Å². The maximum absolute atomic E-state index is 12.5. The van der Waals surface area contributed by atoms with Gasteiger partial charge in [0, 0.05) is 24.4 Å². The molecule has 3 aromatic rings. The number of benzene rings is 2. The summed E-state index contributed by atoms with van der Waals surface area (Å²) in [4.78, 5) is 21.1. The number of carbonyl (C=O) groups is 1. The number of carbonyl (C=O) groups excluding carboxylic acids is 1. The summed E-state index contributed by atoms with van der Waals surface area (Å²) in [5.74, 6) is 1.98. The van der Waals surface area contributed by atoms with Gasteiger partial charge < -0.3 is 20.1 Å². The smallest absolute Gasteiger partial charge is 0.270 e. The molecule has 1 aromatic heterocycles. The second kappa shape index (κ2) is 8.85. The van der Waals surface area contributed by atoms with Crippen LogP contribution < -0.4 is 20.1 Å². The Hall–Kier alpha value is -3.61. The maximum atomic E-state index is 12.5. The molecule has 0 saturated heterocycles. The summed E-state index contributed by atoms with van der Waals surface area (Å²) in [7, 11) is 3.16. The lowest BCUT2D eigenvalue weighted by atomic mass is 10.2. The lowest BCUT2D eigenvalue weighted by molar-refractivity contribution is 0.0945. The number of amides is 1. The first-order valence-corrected chi connectivity index (χ1v) is 8.76. The van der Waals surface area contributed by atoms with Crippen LogP contribution >= 0.6 is 0 Å². The van der Waals surface area contributed by atoms with E-state index >= 15 is 0 Å². The summed E-state index contributed by atoms with van der Waals surface area (Å²) >= 11 is 0. The molecule has 0 unspecified atom stereocenters. The van der Waals surface area contributed by atoms with Gasteiger partial charge in [-0.25, -0.2) is 9.97 Å².